The smallest absolute Gasteiger partial charge is 0.274 e. The van der Waals surface area contributed by atoms with Crippen molar-refractivity contribution < 1.29 is 0 Å². The average molecular weight is 346 g/mol. The summed E-state index contributed by atoms with van der Waals surface area (Å²) in [7, 11) is 2.00. The van der Waals surface area contributed by atoms with Gasteiger partial charge >= 0.3 is 0 Å². The van der Waals surface area contributed by atoms with Crippen molar-refractivity contribution in [2.24, 2.45) is 7.05 Å². The Hall–Kier alpha value is -2.93. The Bertz CT molecular complexity index is 1210. The molecule has 0 saturated heterocycles. The molecule has 7 heteroatoms. The van der Waals surface area contributed by atoms with E-state index in [2.05, 4.69) is 39.4 Å². The van der Waals surface area contributed by atoms with Gasteiger partial charge in [0, 0.05) is 18.2 Å². The molecule has 5 aromatic rings. The van der Waals surface area contributed by atoms with Gasteiger partial charge in [-0.15, -0.1) is 10.2 Å². The number of rotatable bonds is 3. The molecule has 0 amide bonds. The van der Waals surface area contributed by atoms with Gasteiger partial charge in [0.25, 0.3) is 5.78 Å². The van der Waals surface area contributed by atoms with Crippen LogP contribution in [-0.2, 0) is 12.8 Å². The molecule has 25 heavy (non-hydrogen) atoms. The van der Waals surface area contributed by atoms with E-state index in [-0.39, 0.29) is 0 Å². The largest absolute Gasteiger partial charge is 0.327 e. The zero-order valence-corrected chi connectivity index (χ0v) is 14.3. The van der Waals surface area contributed by atoms with Crippen LogP contribution >= 0.6 is 11.8 Å². The van der Waals surface area contributed by atoms with Gasteiger partial charge in [0.15, 0.2) is 5.65 Å². The fourth-order valence-electron chi connectivity index (χ4n) is 3.01. The second-order valence-corrected chi connectivity index (χ2v) is 6.77. The molecule has 0 saturated carbocycles. The van der Waals surface area contributed by atoms with Crippen LogP contribution in [0.25, 0.3) is 27.8 Å². The fraction of sp³-hybridized carbons (Fsp3) is 0.111. The van der Waals surface area contributed by atoms with Gasteiger partial charge in [0.2, 0.25) is 5.16 Å². The molecule has 3 aromatic heterocycles. The zero-order chi connectivity index (χ0) is 16.8. The molecule has 0 aliphatic rings. The second kappa shape index (κ2) is 5.56. The van der Waals surface area contributed by atoms with Gasteiger partial charge in [-0.05, 0) is 11.6 Å². The first kappa shape index (κ1) is 14.4. The highest BCUT2D eigenvalue weighted by atomic mass is 32.2. The van der Waals surface area contributed by atoms with E-state index in [1.165, 1.54) is 5.56 Å². The molecule has 0 N–H and O–H groups in total. The van der Waals surface area contributed by atoms with Crippen LogP contribution in [0.15, 0.2) is 59.8 Å². The zero-order valence-electron chi connectivity index (χ0n) is 13.5. The van der Waals surface area contributed by atoms with E-state index in [0.717, 1.165) is 33.0 Å². The minimum absolute atomic E-state index is 0.522. The van der Waals surface area contributed by atoms with Crippen LogP contribution < -0.4 is 0 Å². The predicted molar refractivity (Wildman–Crippen MR) is 98.6 cm³/mol. The lowest BCUT2D eigenvalue weighted by atomic mass is 10.2. The molecule has 0 radical (unpaired) electrons. The first-order chi connectivity index (χ1) is 12.3. The fourth-order valence-corrected chi connectivity index (χ4v) is 3.84. The van der Waals surface area contributed by atoms with Crippen LogP contribution in [0.2, 0.25) is 0 Å². The summed E-state index contributed by atoms with van der Waals surface area (Å²) in [6, 6.07) is 18.5. The molecule has 0 aliphatic carbocycles. The molecule has 3 heterocycles. The number of para-hydroxylation sites is 1. The van der Waals surface area contributed by atoms with Gasteiger partial charge in [-0.1, -0.05) is 60.3 Å². The molecule has 2 aromatic carbocycles. The average Bonchev–Trinajstić information content (AvgIpc) is 3.19. The summed E-state index contributed by atoms with van der Waals surface area (Å²) in [5.41, 5.74) is 4.04. The molecular formula is C18H14N6S. The number of benzene rings is 2. The Balaban J connectivity index is 1.64. The lowest BCUT2D eigenvalue weighted by molar-refractivity contribution is 0.815. The third kappa shape index (κ3) is 2.27. The third-order valence-corrected chi connectivity index (χ3v) is 5.25. The normalized spacial score (nSPS) is 11.7. The monoisotopic (exact) mass is 346 g/mol. The van der Waals surface area contributed by atoms with Gasteiger partial charge in [-0.3, -0.25) is 0 Å². The van der Waals surface area contributed by atoms with Gasteiger partial charge in [0.1, 0.15) is 5.52 Å². The highest BCUT2D eigenvalue weighted by Gasteiger charge is 2.15. The lowest BCUT2D eigenvalue weighted by Crippen LogP contribution is -1.99. The maximum Gasteiger partial charge on any atom is 0.274 e. The predicted octanol–water partition coefficient (Wildman–Crippen LogP) is 3.46. The van der Waals surface area contributed by atoms with Gasteiger partial charge in [-0.25, -0.2) is 0 Å². The molecule has 0 fully saturated rings. The van der Waals surface area contributed by atoms with Crippen molar-refractivity contribution in [1.29, 1.82) is 0 Å². The van der Waals surface area contributed by atoms with Crippen LogP contribution in [0, 0.1) is 0 Å². The quantitative estimate of drug-likeness (QED) is 0.468. The Morgan fingerprint density at radius 3 is 2.64 bits per heavy atom. The van der Waals surface area contributed by atoms with E-state index in [4.69, 9.17) is 5.10 Å². The molecule has 122 valence electrons. The van der Waals surface area contributed by atoms with Gasteiger partial charge < -0.3 is 4.57 Å². The summed E-state index contributed by atoms with van der Waals surface area (Å²) >= 11 is 1.61. The van der Waals surface area contributed by atoms with Crippen LogP contribution in [0.5, 0.6) is 0 Å². The molecule has 0 atom stereocenters. The highest BCUT2D eigenvalue weighted by Crippen LogP contribution is 2.26. The summed E-state index contributed by atoms with van der Waals surface area (Å²) in [5, 5.41) is 15.1. The van der Waals surface area contributed by atoms with E-state index >= 15 is 0 Å². The Morgan fingerprint density at radius 2 is 1.76 bits per heavy atom. The van der Waals surface area contributed by atoms with Crippen molar-refractivity contribution >= 4 is 39.6 Å². The number of hydrogen-bond acceptors (Lipinski definition) is 5. The minimum Gasteiger partial charge on any atom is -0.327 e. The number of fused-ring (bicyclic) bond motifs is 4. The van der Waals surface area contributed by atoms with Crippen molar-refractivity contribution in [1.82, 2.24) is 29.4 Å². The maximum absolute atomic E-state index is 4.79. The topological polar surface area (TPSA) is 60.9 Å². The summed E-state index contributed by atoms with van der Waals surface area (Å²) in [6.45, 7) is 0. The molecule has 0 bridgehead atoms. The number of aryl methyl sites for hydroxylation is 1. The van der Waals surface area contributed by atoms with Gasteiger partial charge in [-0.2, -0.15) is 14.6 Å². The van der Waals surface area contributed by atoms with E-state index in [1.807, 2.05) is 41.9 Å². The SMILES string of the molecule is Cn1c2ccccc2c2nn3c(SCc4ccccc4)nnc3nc21. The molecule has 0 spiro atoms. The van der Waals surface area contributed by atoms with Crippen LogP contribution in [0.3, 0.4) is 0 Å². The van der Waals surface area contributed by atoms with Crippen LogP contribution in [0.4, 0.5) is 0 Å². The highest BCUT2D eigenvalue weighted by molar-refractivity contribution is 7.98. The van der Waals surface area contributed by atoms with Crippen molar-refractivity contribution in [3.63, 3.8) is 0 Å². The van der Waals surface area contributed by atoms with E-state index < -0.39 is 0 Å². The van der Waals surface area contributed by atoms with Crippen molar-refractivity contribution in [3.8, 4) is 0 Å². The Labute approximate surface area is 147 Å². The third-order valence-electron chi connectivity index (χ3n) is 4.26. The van der Waals surface area contributed by atoms with Crippen molar-refractivity contribution in [2.45, 2.75) is 10.9 Å². The standard InChI is InChI=1S/C18H14N6S/c1-23-14-10-6-5-9-13(14)15-16(23)19-17-20-21-18(24(17)22-15)25-11-12-7-3-2-4-8-12/h2-10H,11H2,1H3. The molecule has 0 aliphatic heterocycles. The number of nitrogens with zero attached hydrogens (tertiary/aromatic N) is 6. The molecular weight excluding hydrogens is 332 g/mol. The van der Waals surface area contributed by atoms with E-state index in [9.17, 15) is 0 Å². The first-order valence-corrected chi connectivity index (χ1v) is 8.93. The number of aromatic nitrogens is 6. The Morgan fingerprint density at radius 1 is 0.960 bits per heavy atom. The second-order valence-electron chi connectivity index (χ2n) is 5.83. The molecule has 0 unspecified atom stereocenters. The maximum atomic E-state index is 4.79. The van der Waals surface area contributed by atoms with Crippen LogP contribution in [0.1, 0.15) is 5.56 Å². The van der Waals surface area contributed by atoms with Gasteiger partial charge in [0.05, 0.1) is 5.52 Å². The van der Waals surface area contributed by atoms with Crippen LogP contribution in [-0.4, -0.2) is 29.4 Å². The Kier molecular flexibility index (Phi) is 3.21. The summed E-state index contributed by atoms with van der Waals surface area (Å²) in [4.78, 5) is 4.67. The summed E-state index contributed by atoms with van der Waals surface area (Å²) < 4.78 is 3.78. The summed E-state index contributed by atoms with van der Waals surface area (Å²) in [5.74, 6) is 1.34. The van der Waals surface area contributed by atoms with Crippen molar-refractivity contribution in [2.75, 3.05) is 0 Å². The van der Waals surface area contributed by atoms with E-state index in [1.54, 1.807) is 16.3 Å². The van der Waals surface area contributed by atoms with E-state index in [0.29, 0.717) is 5.78 Å². The lowest BCUT2D eigenvalue weighted by Gasteiger charge is -2.00. The number of thioether (sulfide) groups is 1. The van der Waals surface area contributed by atoms with Crippen molar-refractivity contribution in [3.05, 3.63) is 60.2 Å². The molecule has 5 rings (SSSR count). The first-order valence-electron chi connectivity index (χ1n) is 7.94. The summed E-state index contributed by atoms with van der Waals surface area (Å²) in [6.07, 6.45) is 0. The molecule has 6 nitrogen and oxygen atoms in total. The number of hydrogen-bond donors (Lipinski definition) is 0. The minimum atomic E-state index is 0.522.